The third-order valence-electron chi connectivity index (χ3n) is 3.73. The molecule has 0 aromatic rings. The third kappa shape index (κ3) is 2.51. The van der Waals surface area contributed by atoms with Gasteiger partial charge in [-0.05, 0) is 26.2 Å². The molecule has 0 spiro atoms. The van der Waals surface area contributed by atoms with Crippen molar-refractivity contribution < 1.29 is 9.90 Å². The first-order chi connectivity index (χ1) is 7.20. The average Bonchev–Trinajstić information content (AvgIpc) is 2.74. The second kappa shape index (κ2) is 5.50. The van der Waals surface area contributed by atoms with E-state index >= 15 is 0 Å². The number of likely N-dealkylation sites (N-methyl/N-ethyl adjacent to an activating group) is 1. The van der Waals surface area contributed by atoms with Crippen molar-refractivity contribution in [2.75, 3.05) is 19.7 Å². The summed E-state index contributed by atoms with van der Waals surface area (Å²) in [5.41, 5.74) is -0.106. The van der Waals surface area contributed by atoms with Gasteiger partial charge in [0.1, 0.15) is 0 Å². The van der Waals surface area contributed by atoms with Gasteiger partial charge in [0.05, 0.1) is 6.61 Å². The van der Waals surface area contributed by atoms with Crippen molar-refractivity contribution in [3.63, 3.8) is 0 Å². The molecule has 0 unspecified atom stereocenters. The van der Waals surface area contributed by atoms with Crippen LogP contribution in [-0.2, 0) is 4.79 Å². The van der Waals surface area contributed by atoms with Crippen LogP contribution in [0.3, 0.4) is 0 Å². The van der Waals surface area contributed by atoms with E-state index in [0.717, 1.165) is 19.3 Å². The number of rotatable bonds is 5. The summed E-state index contributed by atoms with van der Waals surface area (Å²) in [4.78, 5) is 14.1. The minimum Gasteiger partial charge on any atom is -0.395 e. The second-order valence-corrected chi connectivity index (χ2v) is 4.45. The molecule has 0 aromatic carbocycles. The van der Waals surface area contributed by atoms with Gasteiger partial charge in [-0.3, -0.25) is 4.79 Å². The molecule has 0 bridgehead atoms. The van der Waals surface area contributed by atoms with Crippen molar-refractivity contribution in [3.05, 3.63) is 0 Å². The van der Waals surface area contributed by atoms with E-state index in [1.807, 2.05) is 6.92 Å². The lowest BCUT2D eigenvalue weighted by atomic mass is 9.82. The summed E-state index contributed by atoms with van der Waals surface area (Å²) in [7, 11) is 0. The first-order valence-electron chi connectivity index (χ1n) is 6.10. The van der Waals surface area contributed by atoms with E-state index in [1.165, 1.54) is 12.8 Å². The van der Waals surface area contributed by atoms with Gasteiger partial charge in [0.25, 0.3) is 0 Å². The zero-order valence-corrected chi connectivity index (χ0v) is 9.96. The summed E-state index contributed by atoms with van der Waals surface area (Å²) in [6, 6.07) is 0. The predicted octanol–water partition coefficient (Wildman–Crippen LogP) is 1.80. The fraction of sp³-hybridized carbons (Fsp3) is 0.917. The molecule has 1 aliphatic carbocycles. The van der Waals surface area contributed by atoms with Crippen molar-refractivity contribution in [1.82, 2.24) is 4.90 Å². The molecule has 1 rings (SSSR count). The Kier molecular flexibility index (Phi) is 4.58. The number of aliphatic hydroxyl groups is 1. The quantitative estimate of drug-likeness (QED) is 0.756. The SMILES string of the molecule is CCN(CCO)C(=O)C1(CC)CCCC1. The fourth-order valence-corrected chi connectivity index (χ4v) is 2.63. The van der Waals surface area contributed by atoms with Crippen molar-refractivity contribution >= 4 is 5.91 Å². The van der Waals surface area contributed by atoms with Gasteiger partial charge in [-0.2, -0.15) is 0 Å². The highest BCUT2D eigenvalue weighted by molar-refractivity contribution is 5.83. The first kappa shape index (κ1) is 12.5. The van der Waals surface area contributed by atoms with Crippen molar-refractivity contribution in [2.24, 2.45) is 5.41 Å². The molecule has 3 heteroatoms. The summed E-state index contributed by atoms with van der Waals surface area (Å²) in [5, 5.41) is 8.92. The largest absolute Gasteiger partial charge is 0.395 e. The van der Waals surface area contributed by atoms with Crippen LogP contribution in [0.4, 0.5) is 0 Å². The molecule has 0 aromatic heterocycles. The average molecular weight is 213 g/mol. The van der Waals surface area contributed by atoms with E-state index in [2.05, 4.69) is 6.92 Å². The summed E-state index contributed by atoms with van der Waals surface area (Å²) < 4.78 is 0. The molecule has 0 atom stereocenters. The predicted molar refractivity (Wildman–Crippen MR) is 60.5 cm³/mol. The maximum Gasteiger partial charge on any atom is 0.228 e. The van der Waals surface area contributed by atoms with Crippen LogP contribution in [-0.4, -0.2) is 35.6 Å². The number of carbonyl (C=O) groups is 1. The Morgan fingerprint density at radius 2 is 1.93 bits per heavy atom. The topological polar surface area (TPSA) is 40.5 Å². The molecule has 0 radical (unpaired) electrons. The normalized spacial score (nSPS) is 19.1. The number of amides is 1. The van der Waals surface area contributed by atoms with Crippen LogP contribution in [0.2, 0.25) is 0 Å². The van der Waals surface area contributed by atoms with Gasteiger partial charge in [0.15, 0.2) is 0 Å². The van der Waals surface area contributed by atoms with E-state index in [9.17, 15) is 4.79 Å². The molecule has 1 N–H and O–H groups in total. The molecule has 0 heterocycles. The van der Waals surface area contributed by atoms with Crippen LogP contribution >= 0.6 is 0 Å². The Bertz CT molecular complexity index is 210. The number of hydrogen-bond donors (Lipinski definition) is 1. The standard InChI is InChI=1S/C12H23NO2/c1-3-12(7-5-6-8-12)11(15)13(4-2)9-10-14/h14H,3-10H2,1-2H3. The minimum atomic E-state index is -0.106. The molecule has 1 aliphatic rings. The Balaban J connectivity index is 2.70. The van der Waals surface area contributed by atoms with E-state index in [-0.39, 0.29) is 17.9 Å². The van der Waals surface area contributed by atoms with Crippen LogP contribution < -0.4 is 0 Å². The van der Waals surface area contributed by atoms with Crippen LogP contribution in [0.5, 0.6) is 0 Å². The van der Waals surface area contributed by atoms with Crippen LogP contribution in [0, 0.1) is 5.41 Å². The maximum atomic E-state index is 12.3. The Hall–Kier alpha value is -0.570. The van der Waals surface area contributed by atoms with Gasteiger partial charge in [0, 0.05) is 18.5 Å². The zero-order valence-electron chi connectivity index (χ0n) is 9.96. The molecule has 88 valence electrons. The molecule has 15 heavy (non-hydrogen) atoms. The van der Waals surface area contributed by atoms with Gasteiger partial charge < -0.3 is 10.0 Å². The van der Waals surface area contributed by atoms with Crippen molar-refractivity contribution in [1.29, 1.82) is 0 Å². The summed E-state index contributed by atoms with van der Waals surface area (Å²) in [6.45, 7) is 5.35. The van der Waals surface area contributed by atoms with E-state index in [0.29, 0.717) is 13.1 Å². The molecule has 0 aliphatic heterocycles. The number of aliphatic hydroxyl groups excluding tert-OH is 1. The highest BCUT2D eigenvalue weighted by atomic mass is 16.3. The summed E-state index contributed by atoms with van der Waals surface area (Å²) in [6.07, 6.45) is 5.36. The lowest BCUT2D eigenvalue weighted by Crippen LogP contribution is -2.43. The van der Waals surface area contributed by atoms with Crippen LogP contribution in [0.1, 0.15) is 46.0 Å². The highest BCUT2D eigenvalue weighted by Crippen LogP contribution is 2.42. The Morgan fingerprint density at radius 3 is 2.33 bits per heavy atom. The molecular weight excluding hydrogens is 190 g/mol. The smallest absolute Gasteiger partial charge is 0.228 e. The molecule has 3 nitrogen and oxygen atoms in total. The van der Waals surface area contributed by atoms with Gasteiger partial charge in [-0.1, -0.05) is 19.8 Å². The van der Waals surface area contributed by atoms with E-state index < -0.39 is 0 Å². The van der Waals surface area contributed by atoms with E-state index in [4.69, 9.17) is 5.11 Å². The van der Waals surface area contributed by atoms with Crippen molar-refractivity contribution in [2.45, 2.75) is 46.0 Å². The molecule has 1 amide bonds. The van der Waals surface area contributed by atoms with E-state index in [1.54, 1.807) is 4.90 Å². The second-order valence-electron chi connectivity index (χ2n) is 4.45. The highest BCUT2D eigenvalue weighted by Gasteiger charge is 2.41. The maximum absolute atomic E-state index is 12.3. The van der Waals surface area contributed by atoms with Crippen LogP contribution in [0.15, 0.2) is 0 Å². The fourth-order valence-electron chi connectivity index (χ4n) is 2.63. The Labute approximate surface area is 92.5 Å². The third-order valence-corrected chi connectivity index (χ3v) is 3.73. The minimum absolute atomic E-state index is 0.0688. The zero-order chi connectivity index (χ0) is 11.3. The number of nitrogens with zero attached hydrogens (tertiary/aromatic N) is 1. The first-order valence-corrected chi connectivity index (χ1v) is 6.10. The Morgan fingerprint density at radius 1 is 1.33 bits per heavy atom. The summed E-state index contributed by atoms with van der Waals surface area (Å²) >= 11 is 0. The molecular formula is C12H23NO2. The lowest BCUT2D eigenvalue weighted by Gasteiger charge is -2.32. The number of hydrogen-bond acceptors (Lipinski definition) is 2. The molecule has 1 saturated carbocycles. The summed E-state index contributed by atoms with van der Waals surface area (Å²) in [5.74, 6) is 0.263. The van der Waals surface area contributed by atoms with Gasteiger partial charge in [-0.25, -0.2) is 0 Å². The van der Waals surface area contributed by atoms with Crippen molar-refractivity contribution in [3.8, 4) is 0 Å². The lowest BCUT2D eigenvalue weighted by molar-refractivity contribution is -0.142. The van der Waals surface area contributed by atoms with Crippen LogP contribution in [0.25, 0.3) is 0 Å². The molecule has 1 fully saturated rings. The van der Waals surface area contributed by atoms with Gasteiger partial charge in [-0.15, -0.1) is 0 Å². The monoisotopic (exact) mass is 213 g/mol. The van der Waals surface area contributed by atoms with Gasteiger partial charge >= 0.3 is 0 Å². The molecule has 0 saturated heterocycles. The number of carbonyl (C=O) groups excluding carboxylic acids is 1. The van der Waals surface area contributed by atoms with Gasteiger partial charge in [0.2, 0.25) is 5.91 Å².